The van der Waals surface area contributed by atoms with Crippen LogP contribution in [-0.2, 0) is 23.9 Å². The zero-order valence-electron chi connectivity index (χ0n) is 15.0. The maximum atomic E-state index is 12.4. The molecule has 1 rings (SSSR count). The van der Waals surface area contributed by atoms with Gasteiger partial charge in [-0.2, -0.15) is 0 Å². The highest BCUT2D eigenvalue weighted by atomic mass is 32.2. The molecule has 0 radical (unpaired) electrons. The van der Waals surface area contributed by atoms with Crippen molar-refractivity contribution >= 4 is 35.2 Å². The molecule has 8 nitrogen and oxygen atoms in total. The molecule has 2 amide bonds. The summed E-state index contributed by atoms with van der Waals surface area (Å²) in [7, 11) is 1.55. The van der Waals surface area contributed by atoms with Crippen molar-refractivity contribution in [2.45, 2.75) is 11.8 Å². The third-order valence-corrected chi connectivity index (χ3v) is 4.26. The Morgan fingerprint density at radius 3 is 2.62 bits per heavy atom. The molecule has 0 saturated heterocycles. The van der Waals surface area contributed by atoms with E-state index >= 15 is 0 Å². The second kappa shape index (κ2) is 12.3. The zero-order valence-corrected chi connectivity index (χ0v) is 15.8. The smallest absolute Gasteiger partial charge is 0.320 e. The Balaban J connectivity index is 2.69. The minimum atomic E-state index is -0.434. The Bertz CT molecular complexity index is 612. The zero-order chi connectivity index (χ0) is 19.4. The summed E-state index contributed by atoms with van der Waals surface area (Å²) >= 11 is 1.25. The first-order valence-corrected chi connectivity index (χ1v) is 9.11. The van der Waals surface area contributed by atoms with Gasteiger partial charge in [0.15, 0.2) is 0 Å². The van der Waals surface area contributed by atoms with Crippen molar-refractivity contribution < 1.29 is 23.9 Å². The highest BCUT2D eigenvalue weighted by Crippen LogP contribution is 2.26. The van der Waals surface area contributed by atoms with E-state index in [1.807, 2.05) is 6.07 Å². The van der Waals surface area contributed by atoms with Crippen molar-refractivity contribution in [1.29, 1.82) is 0 Å². The van der Waals surface area contributed by atoms with Crippen molar-refractivity contribution in [2.24, 2.45) is 5.73 Å². The van der Waals surface area contributed by atoms with Crippen LogP contribution < -0.4 is 11.1 Å². The number of nitrogens with zero attached hydrogens (tertiary/aromatic N) is 1. The van der Waals surface area contributed by atoms with E-state index in [9.17, 15) is 14.4 Å². The van der Waals surface area contributed by atoms with E-state index in [2.05, 4.69) is 5.32 Å². The van der Waals surface area contributed by atoms with Crippen LogP contribution in [0.1, 0.15) is 6.92 Å². The Kier molecular flexibility index (Phi) is 10.4. The van der Waals surface area contributed by atoms with Gasteiger partial charge in [0, 0.05) is 18.6 Å². The van der Waals surface area contributed by atoms with E-state index in [4.69, 9.17) is 15.2 Å². The monoisotopic (exact) mass is 383 g/mol. The molecule has 0 aromatic heterocycles. The number of rotatable bonds is 12. The van der Waals surface area contributed by atoms with Gasteiger partial charge < -0.3 is 20.5 Å². The summed E-state index contributed by atoms with van der Waals surface area (Å²) in [4.78, 5) is 37.4. The number of nitrogens with two attached hydrogens (primary N) is 1. The lowest BCUT2D eigenvalue weighted by Crippen LogP contribution is -2.39. The molecule has 9 heteroatoms. The van der Waals surface area contributed by atoms with Crippen LogP contribution in [0, 0.1) is 0 Å². The molecule has 26 heavy (non-hydrogen) atoms. The van der Waals surface area contributed by atoms with E-state index in [1.165, 1.54) is 11.8 Å². The van der Waals surface area contributed by atoms with Gasteiger partial charge in [0.2, 0.25) is 11.8 Å². The number of carbonyl (C=O) groups is 3. The van der Waals surface area contributed by atoms with Gasteiger partial charge in [0.25, 0.3) is 0 Å². The number of primary amides is 1. The SMILES string of the molecule is CCOC(=O)CN(CCOC)CC(=O)Nc1ccccc1SCC(N)=O. The number of para-hydroxylation sites is 1. The minimum Gasteiger partial charge on any atom is -0.465 e. The van der Waals surface area contributed by atoms with Crippen LogP contribution in [0.25, 0.3) is 0 Å². The second-order valence-corrected chi connectivity index (χ2v) is 6.32. The third kappa shape index (κ3) is 8.84. The number of amides is 2. The molecule has 3 N–H and O–H groups in total. The van der Waals surface area contributed by atoms with Gasteiger partial charge in [-0.25, -0.2) is 0 Å². The van der Waals surface area contributed by atoms with Gasteiger partial charge in [-0.1, -0.05) is 12.1 Å². The lowest BCUT2D eigenvalue weighted by molar-refractivity contribution is -0.144. The van der Waals surface area contributed by atoms with Crippen molar-refractivity contribution in [3.8, 4) is 0 Å². The number of nitrogens with one attached hydrogen (secondary N) is 1. The van der Waals surface area contributed by atoms with Crippen LogP contribution in [0.15, 0.2) is 29.2 Å². The Labute approximate surface area is 157 Å². The van der Waals surface area contributed by atoms with E-state index in [1.54, 1.807) is 37.1 Å². The first-order chi connectivity index (χ1) is 12.5. The number of thioether (sulfide) groups is 1. The number of methoxy groups -OCH3 is 1. The molecule has 0 bridgehead atoms. The fraction of sp³-hybridized carbons (Fsp3) is 0.471. The van der Waals surface area contributed by atoms with E-state index in [0.29, 0.717) is 18.8 Å². The normalized spacial score (nSPS) is 10.6. The van der Waals surface area contributed by atoms with Crippen molar-refractivity contribution in [1.82, 2.24) is 4.90 Å². The molecule has 0 heterocycles. The molecule has 0 aliphatic heterocycles. The van der Waals surface area contributed by atoms with Gasteiger partial charge in [-0.15, -0.1) is 11.8 Å². The topological polar surface area (TPSA) is 111 Å². The highest BCUT2D eigenvalue weighted by molar-refractivity contribution is 8.00. The van der Waals surface area contributed by atoms with Crippen LogP contribution in [0.2, 0.25) is 0 Å². The molecule has 0 saturated carbocycles. The number of esters is 1. The molecular weight excluding hydrogens is 358 g/mol. The molecule has 0 fully saturated rings. The van der Waals surface area contributed by atoms with Gasteiger partial charge in [0.1, 0.15) is 0 Å². The standard InChI is InChI=1S/C17H25N3O5S/c1-3-25-17(23)11-20(8-9-24-2)10-16(22)19-13-6-4-5-7-14(13)26-12-15(18)21/h4-7H,3,8-12H2,1-2H3,(H2,18,21)(H,19,22). The molecule has 0 unspecified atom stereocenters. The van der Waals surface area contributed by atoms with Crippen molar-refractivity contribution in [2.75, 3.05) is 51.0 Å². The van der Waals surface area contributed by atoms with E-state index in [-0.39, 0.29) is 31.4 Å². The second-order valence-electron chi connectivity index (χ2n) is 5.31. The summed E-state index contributed by atoms with van der Waals surface area (Å²) in [6, 6.07) is 7.13. The van der Waals surface area contributed by atoms with Crippen molar-refractivity contribution in [3.05, 3.63) is 24.3 Å². The molecular formula is C17H25N3O5S. The lowest BCUT2D eigenvalue weighted by Gasteiger charge is -2.20. The third-order valence-electron chi connectivity index (χ3n) is 3.17. The average molecular weight is 383 g/mol. The fourth-order valence-electron chi connectivity index (χ4n) is 2.06. The summed E-state index contributed by atoms with van der Waals surface area (Å²) in [5, 5.41) is 2.80. The molecule has 1 aromatic carbocycles. The molecule has 144 valence electrons. The summed E-state index contributed by atoms with van der Waals surface area (Å²) in [6.07, 6.45) is 0. The minimum absolute atomic E-state index is 0.00267. The van der Waals surface area contributed by atoms with Gasteiger partial charge in [-0.05, 0) is 19.1 Å². The summed E-state index contributed by atoms with van der Waals surface area (Å²) < 4.78 is 9.94. The maximum absolute atomic E-state index is 12.4. The van der Waals surface area contributed by atoms with Crippen LogP contribution in [0.5, 0.6) is 0 Å². The molecule has 0 atom stereocenters. The Morgan fingerprint density at radius 1 is 1.23 bits per heavy atom. The predicted molar refractivity (Wildman–Crippen MR) is 99.9 cm³/mol. The van der Waals surface area contributed by atoms with Crippen LogP contribution >= 0.6 is 11.8 Å². The summed E-state index contributed by atoms with van der Waals surface area (Å²) in [6.45, 7) is 2.83. The molecule has 0 aliphatic carbocycles. The first-order valence-electron chi connectivity index (χ1n) is 8.13. The quantitative estimate of drug-likeness (QED) is 0.404. The van der Waals surface area contributed by atoms with Gasteiger partial charge >= 0.3 is 5.97 Å². The Morgan fingerprint density at radius 2 is 1.96 bits per heavy atom. The average Bonchev–Trinajstić information content (AvgIpc) is 2.59. The fourth-order valence-corrected chi connectivity index (χ4v) is 2.81. The van der Waals surface area contributed by atoms with Crippen LogP contribution in [0.4, 0.5) is 5.69 Å². The first kappa shape index (κ1) is 21.9. The lowest BCUT2D eigenvalue weighted by atomic mass is 10.3. The number of carbonyl (C=O) groups excluding carboxylic acids is 3. The highest BCUT2D eigenvalue weighted by Gasteiger charge is 2.16. The Hall–Kier alpha value is -2.10. The van der Waals surface area contributed by atoms with Gasteiger partial charge in [-0.3, -0.25) is 19.3 Å². The number of hydrogen-bond donors (Lipinski definition) is 2. The number of benzene rings is 1. The number of anilines is 1. The summed E-state index contributed by atoms with van der Waals surface area (Å²) in [5.41, 5.74) is 5.76. The molecule has 0 spiro atoms. The summed E-state index contributed by atoms with van der Waals surface area (Å²) in [5.74, 6) is -0.988. The largest absolute Gasteiger partial charge is 0.465 e. The van der Waals surface area contributed by atoms with Gasteiger partial charge in [0.05, 0.1) is 37.7 Å². The number of ether oxygens (including phenoxy) is 2. The van der Waals surface area contributed by atoms with E-state index in [0.717, 1.165) is 4.90 Å². The molecule has 1 aromatic rings. The molecule has 0 aliphatic rings. The van der Waals surface area contributed by atoms with Crippen LogP contribution in [0.3, 0.4) is 0 Å². The maximum Gasteiger partial charge on any atom is 0.320 e. The van der Waals surface area contributed by atoms with Crippen LogP contribution in [-0.4, -0.2) is 68.4 Å². The predicted octanol–water partition coefficient (Wildman–Crippen LogP) is 0.714. The van der Waals surface area contributed by atoms with Crippen molar-refractivity contribution in [3.63, 3.8) is 0 Å². The van der Waals surface area contributed by atoms with E-state index < -0.39 is 11.9 Å². The number of hydrogen-bond acceptors (Lipinski definition) is 7.